The minimum absolute atomic E-state index is 0.0781. The number of aromatic nitrogens is 5. The lowest BCUT2D eigenvalue weighted by Gasteiger charge is -2.03. The van der Waals surface area contributed by atoms with Crippen LogP contribution in [0.4, 0.5) is 0 Å². The first-order valence-electron chi connectivity index (χ1n) is 7.89. The Morgan fingerprint density at radius 2 is 2.19 bits per heavy atom. The summed E-state index contributed by atoms with van der Waals surface area (Å²) < 4.78 is 2.27. The second-order valence-corrected chi connectivity index (χ2v) is 7.69. The summed E-state index contributed by atoms with van der Waals surface area (Å²) in [5.41, 5.74) is 9.85. The van der Waals surface area contributed by atoms with Crippen molar-refractivity contribution in [3.63, 3.8) is 0 Å². The third-order valence-electron chi connectivity index (χ3n) is 4.45. The van der Waals surface area contributed by atoms with E-state index in [4.69, 9.17) is 5.73 Å². The van der Waals surface area contributed by atoms with Crippen molar-refractivity contribution in [3.05, 3.63) is 39.4 Å². The van der Waals surface area contributed by atoms with Gasteiger partial charge in [-0.25, -0.2) is 15.0 Å². The fraction of sp³-hybridized carbons (Fsp3) is 0.0588. The molecule has 5 rings (SSSR count). The van der Waals surface area contributed by atoms with E-state index in [1.54, 1.807) is 22.7 Å². The summed E-state index contributed by atoms with van der Waals surface area (Å²) in [5.74, 6) is -0.554. The Bertz CT molecular complexity index is 1390. The summed E-state index contributed by atoms with van der Waals surface area (Å²) in [5, 5.41) is 12.7. The van der Waals surface area contributed by atoms with Gasteiger partial charge in [0.15, 0.2) is 5.65 Å². The highest BCUT2D eigenvalue weighted by Gasteiger charge is 2.25. The maximum absolute atomic E-state index is 12.3. The maximum atomic E-state index is 12.3. The van der Waals surface area contributed by atoms with Crippen LogP contribution in [0, 0.1) is 6.92 Å². The molecule has 8 nitrogen and oxygen atoms in total. The van der Waals surface area contributed by atoms with Crippen LogP contribution in [-0.2, 0) is 0 Å². The van der Waals surface area contributed by atoms with Crippen LogP contribution in [0.1, 0.15) is 15.9 Å². The summed E-state index contributed by atoms with van der Waals surface area (Å²) in [7, 11) is 0. The first-order valence-corrected chi connectivity index (χ1v) is 9.56. The number of amides is 1. The number of nitrogens with two attached hydrogens (primary N) is 1. The number of nitrogens with one attached hydrogen (secondary N) is 1. The second kappa shape index (κ2) is 5.51. The second-order valence-electron chi connectivity index (χ2n) is 6.05. The number of rotatable bonds is 2. The Hall–Kier alpha value is -2.98. The molecule has 1 aromatic carbocycles. The van der Waals surface area contributed by atoms with Crippen molar-refractivity contribution in [3.8, 4) is 16.5 Å². The number of fused-ring (bicyclic) bond motifs is 5. The number of imidazole rings is 1. The van der Waals surface area contributed by atoms with E-state index in [0.29, 0.717) is 43.1 Å². The largest absolute Gasteiger partial charge is 0.506 e. The highest BCUT2D eigenvalue weighted by Crippen LogP contribution is 2.36. The molecule has 1 amide bonds. The zero-order valence-corrected chi connectivity index (χ0v) is 16.2. The molecule has 0 aliphatic heterocycles. The molecule has 0 aliphatic rings. The zero-order valence-electron chi connectivity index (χ0n) is 13.8. The number of thiazole rings is 1. The monoisotopic (exact) mass is 442 g/mol. The van der Waals surface area contributed by atoms with E-state index in [9.17, 15) is 9.90 Å². The Balaban J connectivity index is 2.02. The van der Waals surface area contributed by atoms with Gasteiger partial charge in [0.05, 0.1) is 5.52 Å². The molecule has 0 bridgehead atoms. The Kier molecular flexibility index (Phi) is 3.31. The van der Waals surface area contributed by atoms with Gasteiger partial charge in [-0.2, -0.15) is 0 Å². The fourth-order valence-corrected chi connectivity index (χ4v) is 4.52. The minimum atomic E-state index is -0.632. The average molecular weight is 443 g/mol. The number of aryl methyl sites for hydroxylation is 1. The Morgan fingerprint density at radius 1 is 1.37 bits per heavy atom. The van der Waals surface area contributed by atoms with Gasteiger partial charge in [0.1, 0.15) is 43.3 Å². The fourth-order valence-electron chi connectivity index (χ4n) is 3.32. The van der Waals surface area contributed by atoms with Crippen LogP contribution in [-0.4, -0.2) is 35.4 Å². The highest BCUT2D eigenvalue weighted by molar-refractivity contribution is 9.10. The number of aromatic amines is 1. The van der Waals surface area contributed by atoms with Gasteiger partial charge in [-0.1, -0.05) is 6.07 Å². The third kappa shape index (κ3) is 2.14. The molecule has 10 heteroatoms. The van der Waals surface area contributed by atoms with Crippen LogP contribution in [0.3, 0.4) is 0 Å². The number of phenols is 1. The molecule has 5 aromatic rings. The lowest BCUT2D eigenvalue weighted by molar-refractivity contribution is 0.100. The Morgan fingerprint density at radius 3 is 2.89 bits per heavy atom. The van der Waals surface area contributed by atoms with Crippen LogP contribution >= 0.6 is 27.3 Å². The molecule has 0 saturated carbocycles. The number of halogens is 1. The molecule has 134 valence electrons. The van der Waals surface area contributed by atoms with E-state index in [-0.39, 0.29) is 11.3 Å². The third-order valence-corrected chi connectivity index (χ3v) is 5.78. The molecule has 0 saturated heterocycles. The number of H-pyrrole nitrogens is 1. The molecule has 4 N–H and O–H groups in total. The van der Waals surface area contributed by atoms with Crippen LogP contribution in [0.25, 0.3) is 38.5 Å². The van der Waals surface area contributed by atoms with E-state index in [0.717, 1.165) is 5.56 Å². The van der Waals surface area contributed by atoms with E-state index in [1.165, 1.54) is 11.3 Å². The minimum Gasteiger partial charge on any atom is -0.506 e. The van der Waals surface area contributed by atoms with Crippen molar-refractivity contribution in [2.75, 3.05) is 0 Å². The molecule has 0 atom stereocenters. The molecule has 0 fully saturated rings. The van der Waals surface area contributed by atoms with Crippen molar-refractivity contribution in [1.82, 2.24) is 24.3 Å². The molecule has 4 aromatic heterocycles. The SMILES string of the molecule is Cc1ccc(O)c2[nH]c3c(C(N)=O)c4nc(-c5nccs5)c(Br)nc4n3c12. The maximum Gasteiger partial charge on any atom is 0.254 e. The van der Waals surface area contributed by atoms with Gasteiger partial charge in [0.25, 0.3) is 5.91 Å². The quantitative estimate of drug-likeness (QED) is 0.386. The highest BCUT2D eigenvalue weighted by atomic mass is 79.9. The van der Waals surface area contributed by atoms with Crippen LogP contribution in [0.2, 0.25) is 0 Å². The molecule has 0 unspecified atom stereocenters. The smallest absolute Gasteiger partial charge is 0.254 e. The van der Waals surface area contributed by atoms with Gasteiger partial charge >= 0.3 is 0 Å². The first kappa shape index (κ1) is 16.2. The lowest BCUT2D eigenvalue weighted by Crippen LogP contribution is -2.11. The predicted molar refractivity (Wildman–Crippen MR) is 106 cm³/mol. The molecule has 0 radical (unpaired) electrons. The number of aromatic hydroxyl groups is 1. The summed E-state index contributed by atoms with van der Waals surface area (Å²) in [6, 6.07) is 3.40. The van der Waals surface area contributed by atoms with Crippen molar-refractivity contribution >= 4 is 61.0 Å². The van der Waals surface area contributed by atoms with E-state index < -0.39 is 5.91 Å². The number of nitrogens with zero attached hydrogens (tertiary/aromatic N) is 4. The summed E-state index contributed by atoms with van der Waals surface area (Å²) in [6.45, 7) is 1.91. The molecule has 0 spiro atoms. The lowest BCUT2D eigenvalue weighted by atomic mass is 10.2. The van der Waals surface area contributed by atoms with Gasteiger partial charge in [-0.15, -0.1) is 11.3 Å². The van der Waals surface area contributed by atoms with Gasteiger partial charge in [-0.05, 0) is 34.5 Å². The molecular formula is C17H11BrN6O2S. The van der Waals surface area contributed by atoms with Crippen LogP contribution < -0.4 is 5.73 Å². The number of carbonyl (C=O) groups excluding carboxylic acids is 1. The van der Waals surface area contributed by atoms with Gasteiger partial charge in [-0.3, -0.25) is 9.20 Å². The zero-order chi connectivity index (χ0) is 18.9. The normalized spacial score (nSPS) is 11.8. The Labute approximate surface area is 163 Å². The van der Waals surface area contributed by atoms with E-state index >= 15 is 0 Å². The predicted octanol–water partition coefficient (Wildman–Crippen LogP) is 3.36. The van der Waals surface area contributed by atoms with Crippen LogP contribution in [0.15, 0.2) is 28.3 Å². The number of primary amides is 1. The van der Waals surface area contributed by atoms with Gasteiger partial charge in [0.2, 0.25) is 0 Å². The number of carbonyl (C=O) groups is 1. The molecule has 27 heavy (non-hydrogen) atoms. The summed E-state index contributed by atoms with van der Waals surface area (Å²) in [6.07, 6.45) is 1.68. The van der Waals surface area contributed by atoms with E-state index in [2.05, 4.69) is 35.9 Å². The number of hydrogen-bond donors (Lipinski definition) is 3. The number of phenolic OH excluding ortho intramolecular Hbond substituents is 1. The number of benzene rings is 1. The molecular weight excluding hydrogens is 432 g/mol. The standard InChI is InChI=1S/C17H11BrN6O2S/c1-6-2-3-7(25)9-12(6)24-15(22-9)8(14(19)26)10-16(24)23-13(18)11(21-10)17-20-4-5-27-17/h2-5,22,25H,1H3,(H2,19,26). The molecule has 4 heterocycles. The average Bonchev–Trinajstić information content (AvgIpc) is 3.32. The summed E-state index contributed by atoms with van der Waals surface area (Å²) in [4.78, 5) is 28.9. The first-order chi connectivity index (χ1) is 13.0. The van der Waals surface area contributed by atoms with Gasteiger partial charge < -0.3 is 15.8 Å². The van der Waals surface area contributed by atoms with Crippen molar-refractivity contribution in [2.24, 2.45) is 5.73 Å². The van der Waals surface area contributed by atoms with Crippen LogP contribution in [0.5, 0.6) is 5.75 Å². The van der Waals surface area contributed by atoms with E-state index in [1.807, 2.05) is 12.3 Å². The molecule has 0 aliphatic carbocycles. The number of hydrogen-bond acceptors (Lipinski definition) is 6. The van der Waals surface area contributed by atoms with Gasteiger partial charge in [0, 0.05) is 11.6 Å². The topological polar surface area (TPSA) is 122 Å². The summed E-state index contributed by atoms with van der Waals surface area (Å²) >= 11 is 4.88. The van der Waals surface area contributed by atoms with Crippen molar-refractivity contribution in [2.45, 2.75) is 6.92 Å². The van der Waals surface area contributed by atoms with Crippen molar-refractivity contribution in [1.29, 1.82) is 0 Å². The van der Waals surface area contributed by atoms with Crippen molar-refractivity contribution < 1.29 is 9.90 Å².